The predicted molar refractivity (Wildman–Crippen MR) is 68.5 cm³/mol. The van der Waals surface area contributed by atoms with Gasteiger partial charge >= 0.3 is 5.97 Å². The molecule has 0 saturated heterocycles. The zero-order chi connectivity index (χ0) is 13.8. The molecule has 1 atom stereocenters. The van der Waals surface area contributed by atoms with Gasteiger partial charge in [-0.1, -0.05) is 6.08 Å². The molecule has 1 aromatic rings. The van der Waals surface area contributed by atoms with Gasteiger partial charge in [0, 0.05) is 16.9 Å². The van der Waals surface area contributed by atoms with Gasteiger partial charge in [0.2, 0.25) is 10.0 Å². The summed E-state index contributed by atoms with van der Waals surface area (Å²) in [6, 6.07) is 0.0915. The molecule has 0 spiro atoms. The number of aliphatic carboxylic acids is 1. The van der Waals surface area contributed by atoms with Crippen LogP contribution >= 0.6 is 15.9 Å². The average Bonchev–Trinajstić information content (AvgIpc) is 2.28. The van der Waals surface area contributed by atoms with Crippen LogP contribution in [0.5, 0.6) is 0 Å². The van der Waals surface area contributed by atoms with Gasteiger partial charge in [0.15, 0.2) is 0 Å². The van der Waals surface area contributed by atoms with Crippen molar-refractivity contribution >= 4 is 31.9 Å². The standard InChI is InChI=1S/C10H11BrN2O4S/c1-2-3-9(10(14)15)13-18(16,17)8-4-7(11)5-12-6-8/h2,4-6,9,13H,1,3H2,(H,14,15). The summed E-state index contributed by atoms with van der Waals surface area (Å²) in [5, 5.41) is 8.87. The van der Waals surface area contributed by atoms with E-state index < -0.39 is 22.0 Å². The monoisotopic (exact) mass is 334 g/mol. The van der Waals surface area contributed by atoms with Gasteiger partial charge in [-0.15, -0.1) is 6.58 Å². The molecule has 2 N–H and O–H groups in total. The molecule has 1 aromatic heterocycles. The van der Waals surface area contributed by atoms with E-state index in [0.29, 0.717) is 4.47 Å². The lowest BCUT2D eigenvalue weighted by Gasteiger charge is -2.12. The van der Waals surface area contributed by atoms with Crippen molar-refractivity contribution in [1.82, 2.24) is 9.71 Å². The number of aromatic nitrogens is 1. The van der Waals surface area contributed by atoms with Crippen LogP contribution in [0.2, 0.25) is 0 Å². The number of hydrogen-bond donors (Lipinski definition) is 2. The zero-order valence-corrected chi connectivity index (χ0v) is 11.6. The number of rotatable bonds is 6. The molecule has 0 aliphatic rings. The second-order valence-electron chi connectivity index (χ2n) is 3.38. The molecule has 0 saturated carbocycles. The van der Waals surface area contributed by atoms with Crippen LogP contribution in [-0.2, 0) is 14.8 Å². The van der Waals surface area contributed by atoms with Crippen LogP contribution < -0.4 is 4.72 Å². The van der Waals surface area contributed by atoms with E-state index in [1.165, 1.54) is 18.3 Å². The summed E-state index contributed by atoms with van der Waals surface area (Å²) in [5.74, 6) is -1.26. The fourth-order valence-electron chi connectivity index (χ4n) is 1.16. The minimum Gasteiger partial charge on any atom is -0.480 e. The van der Waals surface area contributed by atoms with Gasteiger partial charge < -0.3 is 5.11 Å². The summed E-state index contributed by atoms with van der Waals surface area (Å²) in [6.07, 6.45) is 3.90. The highest BCUT2D eigenvalue weighted by Crippen LogP contribution is 2.14. The third-order valence-corrected chi connectivity index (χ3v) is 3.86. The largest absolute Gasteiger partial charge is 0.480 e. The number of halogens is 1. The minimum atomic E-state index is -3.92. The second kappa shape index (κ2) is 6.07. The van der Waals surface area contributed by atoms with E-state index in [-0.39, 0.29) is 11.3 Å². The Bertz CT molecular complexity index is 559. The van der Waals surface area contributed by atoms with Crippen molar-refractivity contribution in [3.8, 4) is 0 Å². The Balaban J connectivity index is 3.00. The molecule has 0 aromatic carbocycles. The number of pyridine rings is 1. The first-order valence-electron chi connectivity index (χ1n) is 4.83. The van der Waals surface area contributed by atoms with Crippen molar-refractivity contribution in [3.63, 3.8) is 0 Å². The Morgan fingerprint density at radius 3 is 2.78 bits per heavy atom. The minimum absolute atomic E-state index is 0.00397. The summed E-state index contributed by atoms with van der Waals surface area (Å²) in [6.45, 7) is 3.38. The van der Waals surface area contributed by atoms with Gasteiger partial charge in [0.25, 0.3) is 0 Å². The van der Waals surface area contributed by atoms with Crippen LogP contribution in [0, 0.1) is 0 Å². The third-order valence-electron chi connectivity index (χ3n) is 1.99. The molecule has 1 rings (SSSR count). The molecular formula is C10H11BrN2O4S. The molecule has 6 nitrogen and oxygen atoms in total. The predicted octanol–water partition coefficient (Wildman–Crippen LogP) is 1.15. The highest BCUT2D eigenvalue weighted by Gasteiger charge is 2.24. The van der Waals surface area contributed by atoms with Crippen molar-refractivity contribution in [1.29, 1.82) is 0 Å². The number of nitrogens with zero attached hydrogens (tertiary/aromatic N) is 1. The highest BCUT2D eigenvalue weighted by molar-refractivity contribution is 9.10. The van der Waals surface area contributed by atoms with E-state index in [1.807, 2.05) is 0 Å². The molecule has 1 heterocycles. The van der Waals surface area contributed by atoms with Gasteiger partial charge in [-0.25, -0.2) is 8.42 Å². The normalized spacial score (nSPS) is 12.9. The van der Waals surface area contributed by atoms with Crippen LogP contribution in [0.15, 0.2) is 40.5 Å². The van der Waals surface area contributed by atoms with E-state index in [2.05, 4.69) is 32.2 Å². The maximum atomic E-state index is 11.9. The van der Waals surface area contributed by atoms with E-state index >= 15 is 0 Å². The molecule has 0 amide bonds. The molecule has 0 aliphatic heterocycles. The van der Waals surface area contributed by atoms with Crippen LogP contribution in [0.25, 0.3) is 0 Å². The number of sulfonamides is 1. The molecule has 0 aliphatic carbocycles. The first kappa shape index (κ1) is 14.8. The van der Waals surface area contributed by atoms with Crippen molar-refractivity contribution in [2.24, 2.45) is 0 Å². The summed E-state index contributed by atoms with van der Waals surface area (Å²) < 4.78 is 26.4. The second-order valence-corrected chi connectivity index (χ2v) is 6.01. The van der Waals surface area contributed by atoms with Gasteiger partial charge in [-0.2, -0.15) is 4.72 Å². The first-order valence-corrected chi connectivity index (χ1v) is 7.11. The Morgan fingerprint density at radius 1 is 1.61 bits per heavy atom. The highest BCUT2D eigenvalue weighted by atomic mass is 79.9. The van der Waals surface area contributed by atoms with E-state index in [4.69, 9.17) is 5.11 Å². The fourth-order valence-corrected chi connectivity index (χ4v) is 2.87. The number of nitrogens with one attached hydrogen (secondary N) is 1. The van der Waals surface area contributed by atoms with Crippen molar-refractivity contribution in [2.45, 2.75) is 17.4 Å². The molecular weight excluding hydrogens is 324 g/mol. The molecule has 18 heavy (non-hydrogen) atoms. The molecule has 98 valence electrons. The summed E-state index contributed by atoms with van der Waals surface area (Å²) in [7, 11) is -3.92. The third kappa shape index (κ3) is 3.90. The Morgan fingerprint density at radius 2 is 2.28 bits per heavy atom. The Hall–Kier alpha value is -1.25. The van der Waals surface area contributed by atoms with Crippen LogP contribution in [0.4, 0.5) is 0 Å². The van der Waals surface area contributed by atoms with Gasteiger partial charge in [0.1, 0.15) is 10.9 Å². The Kier molecular flexibility index (Phi) is 5.00. The summed E-state index contributed by atoms with van der Waals surface area (Å²) in [5.41, 5.74) is 0. The van der Waals surface area contributed by atoms with Crippen molar-refractivity contribution in [2.75, 3.05) is 0 Å². The fraction of sp³-hybridized carbons (Fsp3) is 0.200. The smallest absolute Gasteiger partial charge is 0.322 e. The van der Waals surface area contributed by atoms with Crippen LogP contribution in [0.1, 0.15) is 6.42 Å². The van der Waals surface area contributed by atoms with E-state index in [1.54, 1.807) is 0 Å². The maximum Gasteiger partial charge on any atom is 0.322 e. The lowest BCUT2D eigenvalue weighted by molar-refractivity contribution is -0.138. The van der Waals surface area contributed by atoms with Crippen molar-refractivity contribution < 1.29 is 18.3 Å². The summed E-state index contributed by atoms with van der Waals surface area (Å²) in [4.78, 5) is 14.5. The molecule has 1 unspecified atom stereocenters. The summed E-state index contributed by atoms with van der Waals surface area (Å²) >= 11 is 3.09. The number of carboxylic acids is 1. The topological polar surface area (TPSA) is 96.4 Å². The SMILES string of the molecule is C=CCC(NS(=O)(=O)c1cncc(Br)c1)C(=O)O. The molecule has 8 heteroatoms. The molecule has 0 radical (unpaired) electrons. The van der Waals surface area contributed by atoms with Crippen molar-refractivity contribution in [3.05, 3.63) is 35.6 Å². The number of hydrogen-bond acceptors (Lipinski definition) is 4. The van der Waals surface area contributed by atoms with E-state index in [9.17, 15) is 13.2 Å². The number of carboxylic acid groups (broad SMARTS) is 1. The van der Waals surface area contributed by atoms with Gasteiger partial charge in [0.05, 0.1) is 0 Å². The van der Waals surface area contributed by atoms with Crippen LogP contribution in [-0.4, -0.2) is 30.5 Å². The number of carbonyl (C=O) groups is 1. The van der Waals surface area contributed by atoms with Gasteiger partial charge in [-0.3, -0.25) is 9.78 Å². The lowest BCUT2D eigenvalue weighted by atomic mass is 10.2. The molecule has 0 fully saturated rings. The van der Waals surface area contributed by atoms with E-state index in [0.717, 1.165) is 6.20 Å². The zero-order valence-electron chi connectivity index (χ0n) is 9.21. The van der Waals surface area contributed by atoms with Crippen LogP contribution in [0.3, 0.4) is 0 Å². The maximum absolute atomic E-state index is 11.9. The lowest BCUT2D eigenvalue weighted by Crippen LogP contribution is -2.40. The van der Waals surface area contributed by atoms with Gasteiger partial charge in [-0.05, 0) is 28.4 Å². The average molecular weight is 335 g/mol. The first-order chi connectivity index (χ1) is 8.36. The molecule has 0 bridgehead atoms. The Labute approximate surface area is 113 Å². The quantitative estimate of drug-likeness (QED) is 0.761.